The molecular formula is C29H24N2O2. The normalized spacial score (nSPS) is 13.1. The van der Waals surface area contributed by atoms with E-state index in [0.29, 0.717) is 40.2 Å². The molecule has 162 valence electrons. The Labute approximate surface area is 193 Å². The molecule has 1 aliphatic carbocycles. The topological polar surface area (TPSA) is 58.2 Å². The lowest BCUT2D eigenvalue weighted by atomic mass is 9.82. The van der Waals surface area contributed by atoms with Gasteiger partial charge in [-0.3, -0.25) is 9.59 Å². The van der Waals surface area contributed by atoms with E-state index < -0.39 is 0 Å². The zero-order chi connectivity index (χ0) is 22.8. The van der Waals surface area contributed by atoms with Crippen LogP contribution >= 0.6 is 0 Å². The summed E-state index contributed by atoms with van der Waals surface area (Å²) in [6.07, 6.45) is 0. The van der Waals surface area contributed by atoms with Crippen molar-refractivity contribution in [1.29, 1.82) is 0 Å². The Bertz CT molecular complexity index is 1330. The first-order chi connectivity index (χ1) is 16.1. The van der Waals surface area contributed by atoms with Crippen molar-refractivity contribution in [2.24, 2.45) is 0 Å². The van der Waals surface area contributed by atoms with Crippen molar-refractivity contribution >= 4 is 22.9 Å². The van der Waals surface area contributed by atoms with E-state index in [9.17, 15) is 9.59 Å². The molecule has 0 fully saturated rings. The largest absolute Gasteiger partial charge is 0.380 e. The van der Waals surface area contributed by atoms with Gasteiger partial charge in [-0.2, -0.15) is 0 Å². The van der Waals surface area contributed by atoms with E-state index in [4.69, 9.17) is 0 Å². The van der Waals surface area contributed by atoms with E-state index in [0.717, 1.165) is 11.1 Å². The number of rotatable bonds is 6. The van der Waals surface area contributed by atoms with E-state index in [1.165, 1.54) is 0 Å². The fourth-order valence-electron chi connectivity index (χ4n) is 4.34. The Balaban J connectivity index is 1.57. The van der Waals surface area contributed by atoms with Gasteiger partial charge < -0.3 is 10.6 Å². The molecule has 0 saturated carbocycles. The van der Waals surface area contributed by atoms with Crippen LogP contribution in [0.1, 0.15) is 55.9 Å². The number of fused-ring (bicyclic) bond motifs is 2. The highest BCUT2D eigenvalue weighted by Gasteiger charge is 2.34. The van der Waals surface area contributed by atoms with Gasteiger partial charge in [-0.05, 0) is 30.2 Å². The molecule has 0 radical (unpaired) electrons. The first-order valence-corrected chi connectivity index (χ1v) is 11.1. The predicted octanol–water partition coefficient (Wildman–Crippen LogP) is 6.25. The summed E-state index contributed by atoms with van der Waals surface area (Å²) >= 11 is 0. The molecule has 0 amide bonds. The second-order valence-corrected chi connectivity index (χ2v) is 8.23. The molecule has 33 heavy (non-hydrogen) atoms. The van der Waals surface area contributed by atoms with E-state index in [1.54, 1.807) is 24.3 Å². The van der Waals surface area contributed by atoms with Gasteiger partial charge in [0.1, 0.15) is 0 Å². The van der Waals surface area contributed by atoms with Gasteiger partial charge in [0.05, 0.1) is 11.1 Å². The van der Waals surface area contributed by atoms with Crippen molar-refractivity contribution < 1.29 is 9.59 Å². The second kappa shape index (κ2) is 8.75. The van der Waals surface area contributed by atoms with Crippen molar-refractivity contribution in [2.75, 3.05) is 10.6 Å². The van der Waals surface area contributed by atoms with Gasteiger partial charge in [-0.1, -0.05) is 84.9 Å². The number of carbonyl (C=O) groups is 2. The fourth-order valence-corrected chi connectivity index (χ4v) is 4.34. The SMILES string of the molecule is CC(Nc1ccc(NCc2ccccc2)c2c1C(=O)c1ccccc1C2=O)c1ccccc1. The maximum Gasteiger partial charge on any atom is 0.196 e. The molecule has 4 heteroatoms. The lowest BCUT2D eigenvalue weighted by Crippen LogP contribution is -2.24. The summed E-state index contributed by atoms with van der Waals surface area (Å²) in [6, 6.07) is 30.8. The summed E-state index contributed by atoms with van der Waals surface area (Å²) in [6.45, 7) is 2.61. The molecule has 1 unspecified atom stereocenters. The molecule has 4 aromatic rings. The molecule has 4 aromatic carbocycles. The van der Waals surface area contributed by atoms with Gasteiger partial charge in [0.2, 0.25) is 0 Å². The van der Waals surface area contributed by atoms with Crippen molar-refractivity contribution in [1.82, 2.24) is 0 Å². The Hall–Kier alpha value is -4.18. The smallest absolute Gasteiger partial charge is 0.196 e. The lowest BCUT2D eigenvalue weighted by molar-refractivity contribution is 0.0980. The average Bonchev–Trinajstić information content (AvgIpc) is 2.87. The van der Waals surface area contributed by atoms with Crippen molar-refractivity contribution in [3.63, 3.8) is 0 Å². The number of benzene rings is 4. The van der Waals surface area contributed by atoms with Crippen LogP contribution in [0.3, 0.4) is 0 Å². The number of hydrogen-bond acceptors (Lipinski definition) is 4. The van der Waals surface area contributed by atoms with Gasteiger partial charge in [0.25, 0.3) is 0 Å². The number of hydrogen-bond donors (Lipinski definition) is 2. The Morgan fingerprint density at radius 1 is 0.636 bits per heavy atom. The standard InChI is InChI=1S/C29H24N2O2/c1-19(21-12-6-3-7-13-21)31-25-17-16-24(30-18-20-10-4-2-5-11-20)26-27(25)29(33)23-15-9-8-14-22(23)28(26)32/h2-17,19,30-31H,18H2,1H3. The minimum absolute atomic E-state index is 0.0292. The first kappa shape index (κ1) is 20.7. The number of ketones is 2. The summed E-state index contributed by atoms with van der Waals surface area (Å²) in [5.74, 6) is -0.266. The number of nitrogens with one attached hydrogen (secondary N) is 2. The predicted molar refractivity (Wildman–Crippen MR) is 132 cm³/mol. The molecule has 4 nitrogen and oxygen atoms in total. The van der Waals surface area contributed by atoms with Gasteiger partial charge in [0.15, 0.2) is 11.6 Å². The molecule has 0 bridgehead atoms. The molecule has 1 aliphatic rings. The summed E-state index contributed by atoms with van der Waals surface area (Å²) in [5.41, 5.74) is 5.30. The fraction of sp³-hybridized carbons (Fsp3) is 0.103. The zero-order valence-corrected chi connectivity index (χ0v) is 18.3. The van der Waals surface area contributed by atoms with E-state index in [2.05, 4.69) is 10.6 Å². The Kier molecular flexibility index (Phi) is 5.49. The van der Waals surface area contributed by atoms with Crippen LogP contribution in [0.4, 0.5) is 11.4 Å². The Morgan fingerprint density at radius 2 is 1.15 bits per heavy atom. The van der Waals surface area contributed by atoms with Crippen molar-refractivity contribution in [3.05, 3.63) is 130 Å². The van der Waals surface area contributed by atoms with Gasteiger partial charge in [0, 0.05) is 35.1 Å². The van der Waals surface area contributed by atoms with Crippen LogP contribution in [-0.4, -0.2) is 11.6 Å². The lowest BCUT2D eigenvalue weighted by Gasteiger charge is -2.25. The third-order valence-corrected chi connectivity index (χ3v) is 6.07. The molecular weight excluding hydrogens is 408 g/mol. The third-order valence-electron chi connectivity index (χ3n) is 6.07. The highest BCUT2D eigenvalue weighted by molar-refractivity contribution is 6.31. The first-order valence-electron chi connectivity index (χ1n) is 11.1. The Morgan fingerprint density at radius 3 is 1.79 bits per heavy atom. The van der Waals surface area contributed by atoms with E-state index in [1.807, 2.05) is 79.7 Å². The summed E-state index contributed by atoms with van der Waals surface area (Å²) in [4.78, 5) is 27.2. The molecule has 0 aromatic heterocycles. The number of carbonyl (C=O) groups excluding carboxylic acids is 2. The van der Waals surface area contributed by atoms with E-state index in [-0.39, 0.29) is 17.6 Å². The monoisotopic (exact) mass is 432 g/mol. The average molecular weight is 433 g/mol. The molecule has 1 atom stereocenters. The van der Waals surface area contributed by atoms with Crippen LogP contribution < -0.4 is 10.6 Å². The molecule has 0 heterocycles. The van der Waals surface area contributed by atoms with Crippen LogP contribution in [0.2, 0.25) is 0 Å². The van der Waals surface area contributed by atoms with Gasteiger partial charge in [-0.15, -0.1) is 0 Å². The van der Waals surface area contributed by atoms with Gasteiger partial charge in [-0.25, -0.2) is 0 Å². The number of anilines is 2. The zero-order valence-electron chi connectivity index (χ0n) is 18.3. The highest BCUT2D eigenvalue weighted by atomic mass is 16.1. The van der Waals surface area contributed by atoms with Gasteiger partial charge >= 0.3 is 0 Å². The quantitative estimate of drug-likeness (QED) is 0.333. The second-order valence-electron chi connectivity index (χ2n) is 8.23. The molecule has 2 N–H and O–H groups in total. The van der Waals surface area contributed by atoms with Crippen LogP contribution in [0.15, 0.2) is 97.1 Å². The maximum absolute atomic E-state index is 13.6. The molecule has 0 aliphatic heterocycles. The van der Waals surface area contributed by atoms with Crippen LogP contribution in [0, 0.1) is 0 Å². The van der Waals surface area contributed by atoms with E-state index >= 15 is 0 Å². The summed E-state index contributed by atoms with van der Waals surface area (Å²) < 4.78 is 0. The van der Waals surface area contributed by atoms with Crippen LogP contribution in [0.5, 0.6) is 0 Å². The van der Waals surface area contributed by atoms with Crippen molar-refractivity contribution in [3.8, 4) is 0 Å². The van der Waals surface area contributed by atoms with Crippen molar-refractivity contribution in [2.45, 2.75) is 19.5 Å². The minimum atomic E-state index is -0.133. The molecule has 0 spiro atoms. The molecule has 0 saturated heterocycles. The maximum atomic E-state index is 13.6. The summed E-state index contributed by atoms with van der Waals surface area (Å²) in [5, 5.41) is 6.85. The molecule has 5 rings (SSSR count). The van der Waals surface area contributed by atoms with Crippen LogP contribution in [0.25, 0.3) is 0 Å². The highest BCUT2D eigenvalue weighted by Crippen LogP contribution is 2.37. The minimum Gasteiger partial charge on any atom is -0.380 e. The van der Waals surface area contributed by atoms with Crippen LogP contribution in [-0.2, 0) is 6.54 Å². The summed E-state index contributed by atoms with van der Waals surface area (Å²) in [7, 11) is 0. The third kappa shape index (κ3) is 3.92.